The van der Waals surface area contributed by atoms with Crippen LogP contribution >= 0.6 is 0 Å². The molecule has 0 N–H and O–H groups in total. The molecule has 0 aliphatic carbocycles. The van der Waals surface area contributed by atoms with Gasteiger partial charge >= 0.3 is 0 Å². The predicted octanol–water partition coefficient (Wildman–Crippen LogP) is 6.29. The Hall–Kier alpha value is -4.18. The molecule has 4 aromatic carbocycles. The van der Waals surface area contributed by atoms with Gasteiger partial charge in [-0.2, -0.15) is 0 Å². The van der Waals surface area contributed by atoms with Gasteiger partial charge in [-0.25, -0.2) is 0 Å². The van der Waals surface area contributed by atoms with Crippen LogP contribution in [0.4, 0.5) is 0 Å². The average molecular weight is 477 g/mol. The quantitative estimate of drug-likeness (QED) is 0.285. The van der Waals surface area contributed by atoms with Crippen LogP contribution in [-0.2, 0) is 13.1 Å². The minimum absolute atomic E-state index is 0.0405. The Morgan fingerprint density at radius 1 is 0.500 bits per heavy atom. The molecule has 4 rings (SSSR count). The highest BCUT2D eigenvalue weighted by molar-refractivity contribution is 5.95. The van der Waals surface area contributed by atoms with Crippen molar-refractivity contribution in [2.45, 2.75) is 26.9 Å². The van der Waals surface area contributed by atoms with E-state index in [-0.39, 0.29) is 11.8 Å². The molecule has 2 amide bonds. The first-order chi connectivity index (χ1) is 17.5. The first kappa shape index (κ1) is 24.9. The summed E-state index contributed by atoms with van der Waals surface area (Å²) in [7, 11) is 0. The standard InChI is InChI=1S/C32H32N2O2/c1-25-13-17-29(18-14-25)31(35)33(23-27-9-5-3-6-10-27)21-22-34(24-28-11-7-4-8-12-28)32(36)30-19-15-26(2)16-20-30/h3-20H,21-24H2,1-2H3. The summed E-state index contributed by atoms with van der Waals surface area (Å²) < 4.78 is 0. The minimum atomic E-state index is -0.0405. The van der Waals surface area contributed by atoms with Gasteiger partial charge in [0.2, 0.25) is 0 Å². The summed E-state index contributed by atoms with van der Waals surface area (Å²) in [6.07, 6.45) is 0. The van der Waals surface area contributed by atoms with Crippen molar-refractivity contribution < 1.29 is 9.59 Å². The third-order valence-corrected chi connectivity index (χ3v) is 6.24. The highest BCUT2D eigenvalue weighted by atomic mass is 16.2. The second kappa shape index (κ2) is 12.0. The summed E-state index contributed by atoms with van der Waals surface area (Å²) in [6.45, 7) is 5.82. The van der Waals surface area contributed by atoms with Gasteiger partial charge in [0.1, 0.15) is 0 Å². The molecule has 0 unspecified atom stereocenters. The lowest BCUT2D eigenvalue weighted by atomic mass is 10.1. The molecule has 4 nitrogen and oxygen atoms in total. The van der Waals surface area contributed by atoms with E-state index < -0.39 is 0 Å². The van der Waals surface area contributed by atoms with Gasteiger partial charge in [0.15, 0.2) is 0 Å². The van der Waals surface area contributed by atoms with E-state index in [2.05, 4.69) is 0 Å². The third-order valence-electron chi connectivity index (χ3n) is 6.24. The molecule has 4 heteroatoms. The van der Waals surface area contributed by atoms with Gasteiger partial charge in [-0.15, -0.1) is 0 Å². The Morgan fingerprint density at radius 3 is 1.17 bits per heavy atom. The molecule has 4 aromatic rings. The highest BCUT2D eigenvalue weighted by Gasteiger charge is 2.21. The second-order valence-electron chi connectivity index (χ2n) is 9.16. The second-order valence-corrected chi connectivity index (χ2v) is 9.16. The maximum atomic E-state index is 13.5. The van der Waals surface area contributed by atoms with Gasteiger partial charge in [-0.05, 0) is 49.2 Å². The number of hydrogen-bond acceptors (Lipinski definition) is 2. The highest BCUT2D eigenvalue weighted by Crippen LogP contribution is 2.15. The molecule has 0 aliphatic heterocycles. The van der Waals surface area contributed by atoms with Crippen LogP contribution in [-0.4, -0.2) is 34.7 Å². The Kier molecular flexibility index (Phi) is 8.30. The van der Waals surface area contributed by atoms with Gasteiger partial charge in [0.25, 0.3) is 11.8 Å². The fourth-order valence-electron chi connectivity index (χ4n) is 4.11. The maximum Gasteiger partial charge on any atom is 0.254 e. The number of carbonyl (C=O) groups is 2. The SMILES string of the molecule is Cc1ccc(C(=O)N(CCN(Cc2ccccc2)C(=O)c2ccc(C)cc2)Cc2ccccc2)cc1. The van der Waals surface area contributed by atoms with Crippen LogP contribution in [0.15, 0.2) is 109 Å². The van der Waals surface area contributed by atoms with E-state index in [0.717, 1.165) is 22.3 Å². The monoisotopic (exact) mass is 476 g/mol. The molecular formula is C32H32N2O2. The van der Waals surface area contributed by atoms with Gasteiger partial charge in [-0.3, -0.25) is 9.59 Å². The van der Waals surface area contributed by atoms with Crippen LogP contribution in [0, 0.1) is 13.8 Å². The topological polar surface area (TPSA) is 40.6 Å². The number of rotatable bonds is 9. The molecule has 0 aliphatic rings. The molecule has 0 atom stereocenters. The fraction of sp³-hybridized carbons (Fsp3) is 0.188. The van der Waals surface area contributed by atoms with Gasteiger partial charge in [0, 0.05) is 37.3 Å². The van der Waals surface area contributed by atoms with Crippen LogP contribution in [0.1, 0.15) is 43.0 Å². The lowest BCUT2D eigenvalue weighted by molar-refractivity contribution is 0.0644. The van der Waals surface area contributed by atoms with Crippen molar-refractivity contribution >= 4 is 11.8 Å². The van der Waals surface area contributed by atoms with Crippen molar-refractivity contribution in [2.24, 2.45) is 0 Å². The van der Waals surface area contributed by atoms with Crippen molar-refractivity contribution in [3.05, 3.63) is 143 Å². The van der Waals surface area contributed by atoms with Gasteiger partial charge < -0.3 is 9.80 Å². The van der Waals surface area contributed by atoms with Crippen LogP contribution < -0.4 is 0 Å². The number of benzene rings is 4. The summed E-state index contributed by atoms with van der Waals surface area (Å²) in [5, 5.41) is 0. The van der Waals surface area contributed by atoms with Crippen LogP contribution in [0.3, 0.4) is 0 Å². The Bertz CT molecular complexity index is 1160. The summed E-state index contributed by atoms with van der Waals surface area (Å²) in [4.78, 5) is 30.7. The largest absolute Gasteiger partial charge is 0.333 e. The van der Waals surface area contributed by atoms with E-state index in [0.29, 0.717) is 37.3 Å². The molecule has 0 fully saturated rings. The van der Waals surface area contributed by atoms with Gasteiger partial charge in [-0.1, -0.05) is 96.1 Å². The Labute approximate surface area is 213 Å². The number of carbonyl (C=O) groups excluding carboxylic acids is 2. The van der Waals surface area contributed by atoms with Gasteiger partial charge in [0.05, 0.1) is 0 Å². The van der Waals surface area contributed by atoms with Crippen molar-refractivity contribution in [1.29, 1.82) is 0 Å². The summed E-state index contributed by atoms with van der Waals surface area (Å²) in [5.74, 6) is -0.0809. The predicted molar refractivity (Wildman–Crippen MR) is 145 cm³/mol. The summed E-state index contributed by atoms with van der Waals surface area (Å²) in [5.41, 5.74) is 5.62. The summed E-state index contributed by atoms with van der Waals surface area (Å²) in [6, 6.07) is 35.2. The fourth-order valence-corrected chi connectivity index (χ4v) is 4.11. The molecule has 0 radical (unpaired) electrons. The average Bonchev–Trinajstić information content (AvgIpc) is 2.91. The van der Waals surface area contributed by atoms with Crippen molar-refractivity contribution in [1.82, 2.24) is 9.80 Å². The van der Waals surface area contributed by atoms with E-state index in [1.165, 1.54) is 0 Å². The summed E-state index contributed by atoms with van der Waals surface area (Å²) >= 11 is 0. The van der Waals surface area contributed by atoms with E-state index >= 15 is 0 Å². The van der Waals surface area contributed by atoms with E-state index in [1.807, 2.05) is 133 Å². The Morgan fingerprint density at radius 2 is 0.833 bits per heavy atom. The zero-order chi connectivity index (χ0) is 25.3. The molecule has 0 bridgehead atoms. The van der Waals surface area contributed by atoms with E-state index in [1.54, 1.807) is 0 Å². The molecule has 0 aromatic heterocycles. The third kappa shape index (κ3) is 6.70. The smallest absolute Gasteiger partial charge is 0.254 e. The molecule has 0 saturated carbocycles. The van der Waals surface area contributed by atoms with E-state index in [9.17, 15) is 9.59 Å². The normalized spacial score (nSPS) is 10.6. The molecule has 0 saturated heterocycles. The number of aryl methyl sites for hydroxylation is 2. The zero-order valence-electron chi connectivity index (χ0n) is 20.9. The Balaban J connectivity index is 1.58. The van der Waals surface area contributed by atoms with Crippen molar-refractivity contribution in [3.8, 4) is 0 Å². The van der Waals surface area contributed by atoms with Crippen LogP contribution in [0.5, 0.6) is 0 Å². The lowest BCUT2D eigenvalue weighted by Gasteiger charge is -2.29. The first-order valence-corrected chi connectivity index (χ1v) is 12.3. The molecule has 36 heavy (non-hydrogen) atoms. The molecule has 0 heterocycles. The zero-order valence-corrected chi connectivity index (χ0v) is 20.9. The van der Waals surface area contributed by atoms with Crippen molar-refractivity contribution in [3.63, 3.8) is 0 Å². The number of nitrogens with zero attached hydrogens (tertiary/aromatic N) is 2. The maximum absolute atomic E-state index is 13.5. The first-order valence-electron chi connectivity index (χ1n) is 12.3. The lowest BCUT2D eigenvalue weighted by Crippen LogP contribution is -2.40. The van der Waals surface area contributed by atoms with Crippen LogP contribution in [0.2, 0.25) is 0 Å². The molecular weight excluding hydrogens is 444 g/mol. The minimum Gasteiger partial charge on any atom is -0.333 e. The molecule has 0 spiro atoms. The van der Waals surface area contributed by atoms with Crippen LogP contribution in [0.25, 0.3) is 0 Å². The number of amides is 2. The number of hydrogen-bond donors (Lipinski definition) is 0. The van der Waals surface area contributed by atoms with Crippen molar-refractivity contribution in [2.75, 3.05) is 13.1 Å². The molecule has 182 valence electrons. The van der Waals surface area contributed by atoms with E-state index in [4.69, 9.17) is 0 Å².